The van der Waals surface area contributed by atoms with Crippen LogP contribution in [0.3, 0.4) is 0 Å². The highest BCUT2D eigenvalue weighted by molar-refractivity contribution is 5.83. The molecule has 5 heteroatoms. The monoisotopic (exact) mass is 230 g/mol. The minimum Gasteiger partial charge on any atom is -0.466 e. The van der Waals surface area contributed by atoms with Crippen LogP contribution in [0, 0.1) is 0 Å². The van der Waals surface area contributed by atoms with E-state index in [9.17, 15) is 9.59 Å². The fraction of sp³-hybridized carbons (Fsp3) is 0.818. The van der Waals surface area contributed by atoms with E-state index < -0.39 is 0 Å². The summed E-state index contributed by atoms with van der Waals surface area (Å²) in [5, 5.41) is 0. The minimum absolute atomic E-state index is 0.0338. The van der Waals surface area contributed by atoms with E-state index in [1.165, 1.54) is 0 Å². The molecular formula is C11H18O5. The van der Waals surface area contributed by atoms with E-state index in [0.29, 0.717) is 19.8 Å². The second kappa shape index (κ2) is 7.35. The van der Waals surface area contributed by atoms with Crippen LogP contribution in [0.2, 0.25) is 0 Å². The number of hydrogen-bond acceptors (Lipinski definition) is 5. The Bertz CT molecular complexity index is 233. The van der Waals surface area contributed by atoms with Gasteiger partial charge in [-0.1, -0.05) is 0 Å². The number of carbonyl (C=O) groups excluding carboxylic acids is 2. The second-order valence-electron chi connectivity index (χ2n) is 3.64. The lowest BCUT2D eigenvalue weighted by atomic mass is 10.2. The molecule has 0 aromatic rings. The lowest BCUT2D eigenvalue weighted by molar-refractivity contribution is -0.144. The molecule has 0 aliphatic carbocycles. The molecule has 0 bridgehead atoms. The van der Waals surface area contributed by atoms with Gasteiger partial charge in [0.25, 0.3) is 0 Å². The predicted octanol–water partition coefficient (Wildman–Crippen LogP) is 0.704. The normalized spacial score (nSPS) is 19.7. The van der Waals surface area contributed by atoms with Crippen molar-refractivity contribution >= 4 is 11.8 Å². The van der Waals surface area contributed by atoms with Gasteiger partial charge in [-0.05, 0) is 13.3 Å². The fourth-order valence-corrected chi connectivity index (χ4v) is 1.40. The lowest BCUT2D eigenvalue weighted by Gasteiger charge is -2.08. The van der Waals surface area contributed by atoms with E-state index in [-0.39, 0.29) is 37.3 Å². The summed E-state index contributed by atoms with van der Waals surface area (Å²) < 4.78 is 15.2. The maximum Gasteiger partial charge on any atom is 0.306 e. The predicted molar refractivity (Wildman–Crippen MR) is 56.1 cm³/mol. The van der Waals surface area contributed by atoms with E-state index >= 15 is 0 Å². The van der Waals surface area contributed by atoms with Crippen LogP contribution < -0.4 is 0 Å². The SMILES string of the molecule is CCOC(=O)CCC(=O)COC1CCOC1. The van der Waals surface area contributed by atoms with Gasteiger partial charge in [0.15, 0.2) is 5.78 Å². The molecule has 0 amide bonds. The van der Waals surface area contributed by atoms with Crippen molar-refractivity contribution in [1.29, 1.82) is 0 Å². The summed E-state index contributed by atoms with van der Waals surface area (Å²) in [4.78, 5) is 22.3. The molecule has 1 aliphatic heterocycles. The summed E-state index contributed by atoms with van der Waals surface area (Å²) in [5.74, 6) is -0.403. The van der Waals surface area contributed by atoms with Crippen molar-refractivity contribution in [1.82, 2.24) is 0 Å². The first-order valence-corrected chi connectivity index (χ1v) is 5.59. The number of esters is 1. The van der Waals surface area contributed by atoms with E-state index in [0.717, 1.165) is 6.42 Å². The molecule has 1 rings (SSSR count). The topological polar surface area (TPSA) is 61.8 Å². The number of ether oxygens (including phenoxy) is 3. The van der Waals surface area contributed by atoms with Gasteiger partial charge in [0.2, 0.25) is 0 Å². The molecule has 1 fully saturated rings. The van der Waals surface area contributed by atoms with Crippen LogP contribution in [0.1, 0.15) is 26.2 Å². The molecule has 0 spiro atoms. The third-order valence-electron chi connectivity index (χ3n) is 2.28. The molecule has 92 valence electrons. The molecule has 1 saturated heterocycles. The van der Waals surface area contributed by atoms with Crippen LogP contribution in [-0.2, 0) is 23.8 Å². The Morgan fingerprint density at radius 3 is 2.81 bits per heavy atom. The zero-order chi connectivity index (χ0) is 11.8. The van der Waals surface area contributed by atoms with Crippen molar-refractivity contribution in [3.8, 4) is 0 Å². The van der Waals surface area contributed by atoms with Crippen LogP contribution >= 0.6 is 0 Å². The van der Waals surface area contributed by atoms with Crippen molar-refractivity contribution in [2.45, 2.75) is 32.3 Å². The highest BCUT2D eigenvalue weighted by Gasteiger charge is 2.17. The van der Waals surface area contributed by atoms with E-state index in [1.807, 2.05) is 0 Å². The second-order valence-corrected chi connectivity index (χ2v) is 3.64. The van der Waals surface area contributed by atoms with Gasteiger partial charge in [-0.15, -0.1) is 0 Å². The molecule has 0 N–H and O–H groups in total. The van der Waals surface area contributed by atoms with Crippen LogP contribution in [0.25, 0.3) is 0 Å². The van der Waals surface area contributed by atoms with E-state index in [4.69, 9.17) is 14.2 Å². The van der Waals surface area contributed by atoms with Crippen molar-refractivity contribution in [2.75, 3.05) is 26.4 Å². The summed E-state index contributed by atoms with van der Waals surface area (Å²) in [6, 6.07) is 0. The van der Waals surface area contributed by atoms with Gasteiger partial charge in [0.05, 0.1) is 25.7 Å². The first-order valence-electron chi connectivity index (χ1n) is 5.59. The van der Waals surface area contributed by atoms with Gasteiger partial charge in [-0.2, -0.15) is 0 Å². The van der Waals surface area contributed by atoms with Gasteiger partial charge >= 0.3 is 5.97 Å². The van der Waals surface area contributed by atoms with Crippen molar-refractivity contribution in [3.63, 3.8) is 0 Å². The average Bonchev–Trinajstić information content (AvgIpc) is 2.77. The maximum absolute atomic E-state index is 11.3. The van der Waals surface area contributed by atoms with Crippen LogP contribution in [0.5, 0.6) is 0 Å². The highest BCUT2D eigenvalue weighted by Crippen LogP contribution is 2.08. The van der Waals surface area contributed by atoms with Crippen molar-refractivity contribution in [2.24, 2.45) is 0 Å². The fourth-order valence-electron chi connectivity index (χ4n) is 1.40. The molecular weight excluding hydrogens is 212 g/mol. The Hall–Kier alpha value is -0.940. The summed E-state index contributed by atoms with van der Waals surface area (Å²) in [5.41, 5.74) is 0. The van der Waals surface area contributed by atoms with Gasteiger partial charge in [-0.3, -0.25) is 9.59 Å². The quantitative estimate of drug-likeness (QED) is 0.602. The summed E-state index contributed by atoms with van der Waals surface area (Å²) >= 11 is 0. The van der Waals surface area contributed by atoms with Gasteiger partial charge in [-0.25, -0.2) is 0 Å². The molecule has 1 unspecified atom stereocenters. The Labute approximate surface area is 95.0 Å². The summed E-state index contributed by atoms with van der Waals surface area (Å²) in [6.45, 7) is 3.41. The number of Topliss-reactive ketones (excluding diaryl/α,β-unsaturated/α-hetero) is 1. The summed E-state index contributed by atoms with van der Waals surface area (Å²) in [6.07, 6.45) is 1.20. The van der Waals surface area contributed by atoms with Gasteiger partial charge in [0, 0.05) is 13.0 Å². The first kappa shape index (κ1) is 13.1. The zero-order valence-electron chi connectivity index (χ0n) is 9.57. The zero-order valence-corrected chi connectivity index (χ0v) is 9.57. The molecule has 1 atom stereocenters. The Balaban J connectivity index is 2.04. The standard InChI is InChI=1S/C11H18O5/c1-2-15-11(13)4-3-9(12)7-16-10-5-6-14-8-10/h10H,2-8H2,1H3. The lowest BCUT2D eigenvalue weighted by Crippen LogP contribution is -2.19. The number of carbonyl (C=O) groups is 2. The molecule has 0 aromatic heterocycles. The third-order valence-corrected chi connectivity index (χ3v) is 2.28. The largest absolute Gasteiger partial charge is 0.466 e. The molecule has 1 aliphatic rings. The minimum atomic E-state index is -0.333. The molecule has 1 heterocycles. The average molecular weight is 230 g/mol. The first-order chi connectivity index (χ1) is 7.72. The Morgan fingerprint density at radius 2 is 2.19 bits per heavy atom. The molecule has 16 heavy (non-hydrogen) atoms. The van der Waals surface area contributed by atoms with Crippen molar-refractivity contribution < 1.29 is 23.8 Å². The van der Waals surface area contributed by atoms with Gasteiger partial charge < -0.3 is 14.2 Å². The van der Waals surface area contributed by atoms with Crippen molar-refractivity contribution in [3.05, 3.63) is 0 Å². The number of ketones is 1. The summed E-state index contributed by atoms with van der Waals surface area (Å²) in [7, 11) is 0. The maximum atomic E-state index is 11.3. The molecule has 0 radical (unpaired) electrons. The highest BCUT2D eigenvalue weighted by atomic mass is 16.5. The Morgan fingerprint density at radius 1 is 1.38 bits per heavy atom. The third kappa shape index (κ3) is 5.23. The van der Waals surface area contributed by atoms with Crippen LogP contribution in [0.15, 0.2) is 0 Å². The molecule has 5 nitrogen and oxygen atoms in total. The molecule has 0 saturated carbocycles. The van der Waals surface area contributed by atoms with Crippen LogP contribution in [-0.4, -0.2) is 44.3 Å². The van der Waals surface area contributed by atoms with E-state index in [1.54, 1.807) is 6.92 Å². The number of rotatable bonds is 7. The molecule has 0 aromatic carbocycles. The van der Waals surface area contributed by atoms with E-state index in [2.05, 4.69) is 0 Å². The van der Waals surface area contributed by atoms with Gasteiger partial charge in [0.1, 0.15) is 6.61 Å². The Kier molecular flexibility index (Phi) is 6.03. The van der Waals surface area contributed by atoms with Crippen LogP contribution in [0.4, 0.5) is 0 Å². The number of hydrogen-bond donors (Lipinski definition) is 0. The smallest absolute Gasteiger partial charge is 0.306 e.